The molecule has 0 saturated heterocycles. The summed E-state index contributed by atoms with van der Waals surface area (Å²) in [6.45, 7) is 0.468. The van der Waals surface area contributed by atoms with Gasteiger partial charge in [0.05, 0.1) is 25.7 Å². The summed E-state index contributed by atoms with van der Waals surface area (Å²) in [5, 5.41) is 0. The van der Waals surface area contributed by atoms with E-state index in [1.165, 1.54) is 0 Å². The van der Waals surface area contributed by atoms with Crippen LogP contribution in [-0.2, 0) is 20.7 Å². The molecule has 1 rings (SSSR count). The predicted octanol–water partition coefficient (Wildman–Crippen LogP) is 0.732. The van der Waals surface area contributed by atoms with Gasteiger partial charge in [0.2, 0.25) is 0 Å². The standard InChI is InChI=1S/C12H17NO4S/c1-4-7-13(2)11(10-17-18(3,14)15)9-12-6-5-8-16-12/h1,5-6,8,11H,7,9-10H2,2-3H3/t11-/m0/s1. The van der Waals surface area contributed by atoms with Crippen LogP contribution in [0.2, 0.25) is 0 Å². The van der Waals surface area contributed by atoms with Crippen molar-refractivity contribution in [3.05, 3.63) is 24.2 Å². The molecule has 18 heavy (non-hydrogen) atoms. The second-order valence-electron chi connectivity index (χ2n) is 4.05. The molecule has 0 radical (unpaired) electrons. The van der Waals surface area contributed by atoms with Gasteiger partial charge in [0.25, 0.3) is 10.1 Å². The highest BCUT2D eigenvalue weighted by Crippen LogP contribution is 2.09. The van der Waals surface area contributed by atoms with E-state index < -0.39 is 10.1 Å². The van der Waals surface area contributed by atoms with Gasteiger partial charge in [-0.25, -0.2) is 0 Å². The van der Waals surface area contributed by atoms with Gasteiger partial charge in [-0.05, 0) is 19.2 Å². The molecule has 0 saturated carbocycles. The van der Waals surface area contributed by atoms with Gasteiger partial charge in [-0.2, -0.15) is 8.42 Å². The number of rotatable bonds is 7. The molecule has 0 amide bonds. The van der Waals surface area contributed by atoms with Crippen LogP contribution in [0, 0.1) is 12.3 Å². The van der Waals surface area contributed by atoms with Crippen molar-refractivity contribution in [2.45, 2.75) is 12.5 Å². The summed E-state index contributed by atoms with van der Waals surface area (Å²) in [7, 11) is -1.64. The van der Waals surface area contributed by atoms with E-state index in [0.29, 0.717) is 13.0 Å². The van der Waals surface area contributed by atoms with Gasteiger partial charge in [0.15, 0.2) is 0 Å². The monoisotopic (exact) mass is 271 g/mol. The molecule has 0 aromatic carbocycles. The van der Waals surface area contributed by atoms with E-state index in [0.717, 1.165) is 12.0 Å². The lowest BCUT2D eigenvalue weighted by Gasteiger charge is -2.24. The van der Waals surface area contributed by atoms with Crippen molar-refractivity contribution in [3.8, 4) is 12.3 Å². The summed E-state index contributed by atoms with van der Waals surface area (Å²) in [6, 6.07) is 3.46. The Kier molecular flexibility index (Phi) is 5.41. The number of hydrogen-bond donors (Lipinski definition) is 0. The zero-order valence-electron chi connectivity index (χ0n) is 10.5. The van der Waals surface area contributed by atoms with Gasteiger partial charge in [-0.1, -0.05) is 5.92 Å². The third-order valence-corrected chi connectivity index (χ3v) is 3.02. The third kappa shape index (κ3) is 5.36. The van der Waals surface area contributed by atoms with Crippen LogP contribution in [0.5, 0.6) is 0 Å². The first-order chi connectivity index (χ1) is 8.42. The second kappa shape index (κ2) is 6.59. The first-order valence-corrected chi connectivity index (χ1v) is 7.24. The average Bonchev–Trinajstić information content (AvgIpc) is 2.75. The van der Waals surface area contributed by atoms with Crippen LogP contribution in [0.15, 0.2) is 22.8 Å². The smallest absolute Gasteiger partial charge is 0.264 e. The molecule has 0 aliphatic heterocycles. The maximum Gasteiger partial charge on any atom is 0.264 e. The molecular weight excluding hydrogens is 254 g/mol. The maximum absolute atomic E-state index is 11.0. The highest BCUT2D eigenvalue weighted by molar-refractivity contribution is 7.85. The molecule has 1 aromatic rings. The van der Waals surface area contributed by atoms with E-state index in [-0.39, 0.29) is 12.6 Å². The fourth-order valence-electron chi connectivity index (χ4n) is 1.48. The Morgan fingerprint density at radius 1 is 1.61 bits per heavy atom. The van der Waals surface area contributed by atoms with Crippen LogP contribution in [0.1, 0.15) is 5.76 Å². The Labute approximate surface area is 108 Å². The lowest BCUT2D eigenvalue weighted by Crippen LogP contribution is -2.38. The Balaban J connectivity index is 2.66. The molecule has 1 atom stereocenters. The molecule has 0 unspecified atom stereocenters. The number of terminal acetylenes is 1. The van der Waals surface area contributed by atoms with Gasteiger partial charge in [0, 0.05) is 12.5 Å². The minimum Gasteiger partial charge on any atom is -0.469 e. The first-order valence-electron chi connectivity index (χ1n) is 5.43. The van der Waals surface area contributed by atoms with Gasteiger partial charge < -0.3 is 4.42 Å². The maximum atomic E-state index is 11.0. The highest BCUT2D eigenvalue weighted by atomic mass is 32.2. The first kappa shape index (κ1) is 14.8. The molecule has 6 heteroatoms. The zero-order valence-corrected chi connectivity index (χ0v) is 11.3. The molecule has 0 aliphatic carbocycles. The topological polar surface area (TPSA) is 59.8 Å². The van der Waals surface area contributed by atoms with Crippen LogP contribution < -0.4 is 0 Å². The van der Waals surface area contributed by atoms with Gasteiger partial charge in [-0.3, -0.25) is 9.08 Å². The molecule has 5 nitrogen and oxygen atoms in total. The van der Waals surface area contributed by atoms with Crippen LogP contribution in [0.4, 0.5) is 0 Å². The molecule has 0 aliphatic rings. The fraction of sp³-hybridized carbons (Fsp3) is 0.500. The lowest BCUT2D eigenvalue weighted by molar-refractivity contribution is 0.173. The quantitative estimate of drug-likeness (QED) is 0.540. The summed E-state index contributed by atoms with van der Waals surface area (Å²) in [5.74, 6) is 3.28. The highest BCUT2D eigenvalue weighted by Gasteiger charge is 2.18. The largest absolute Gasteiger partial charge is 0.469 e. The second-order valence-corrected chi connectivity index (χ2v) is 5.69. The Bertz CT molecular complexity index is 487. The normalized spacial score (nSPS) is 13.4. The van der Waals surface area contributed by atoms with Gasteiger partial charge in [0.1, 0.15) is 5.76 Å². The van der Waals surface area contributed by atoms with E-state index >= 15 is 0 Å². The minimum atomic E-state index is -3.46. The van der Waals surface area contributed by atoms with Crippen molar-refractivity contribution in [2.75, 3.05) is 26.5 Å². The van der Waals surface area contributed by atoms with Crippen LogP contribution >= 0.6 is 0 Å². The van der Waals surface area contributed by atoms with E-state index in [1.54, 1.807) is 12.3 Å². The third-order valence-electron chi connectivity index (χ3n) is 2.46. The molecule has 0 fully saturated rings. The molecule has 0 spiro atoms. The van der Waals surface area contributed by atoms with Crippen molar-refractivity contribution in [1.82, 2.24) is 4.90 Å². The average molecular weight is 271 g/mol. The van der Waals surface area contributed by atoms with E-state index in [4.69, 9.17) is 15.0 Å². The molecular formula is C12H17NO4S. The summed E-state index contributed by atoms with van der Waals surface area (Å²) in [5.41, 5.74) is 0. The Morgan fingerprint density at radius 3 is 2.83 bits per heavy atom. The van der Waals surface area contributed by atoms with Gasteiger partial charge in [-0.15, -0.1) is 6.42 Å². The van der Waals surface area contributed by atoms with Crippen molar-refractivity contribution in [1.29, 1.82) is 0 Å². The van der Waals surface area contributed by atoms with Gasteiger partial charge >= 0.3 is 0 Å². The van der Waals surface area contributed by atoms with E-state index in [9.17, 15) is 8.42 Å². The number of likely N-dealkylation sites (N-methyl/N-ethyl adjacent to an activating group) is 1. The summed E-state index contributed by atoms with van der Waals surface area (Å²) in [4.78, 5) is 1.85. The summed E-state index contributed by atoms with van der Waals surface area (Å²) in [6.07, 6.45) is 8.39. The van der Waals surface area contributed by atoms with E-state index in [2.05, 4.69) is 5.92 Å². The van der Waals surface area contributed by atoms with E-state index in [1.807, 2.05) is 18.0 Å². The summed E-state index contributed by atoms with van der Waals surface area (Å²) < 4.78 is 32.1. The molecule has 1 aromatic heterocycles. The number of furan rings is 1. The fourth-order valence-corrected chi connectivity index (χ4v) is 1.88. The number of nitrogens with zero attached hydrogens (tertiary/aromatic N) is 1. The summed E-state index contributed by atoms with van der Waals surface area (Å²) >= 11 is 0. The minimum absolute atomic E-state index is 0.0533. The van der Waals surface area contributed by atoms with Crippen molar-refractivity contribution < 1.29 is 17.0 Å². The van der Waals surface area contributed by atoms with Crippen LogP contribution in [0.25, 0.3) is 0 Å². The van der Waals surface area contributed by atoms with Crippen molar-refractivity contribution in [2.24, 2.45) is 0 Å². The SMILES string of the molecule is C#CCN(C)[C@H](COS(C)(=O)=O)Cc1ccco1. The predicted molar refractivity (Wildman–Crippen MR) is 68.5 cm³/mol. The van der Waals surface area contributed by atoms with Crippen LogP contribution in [-0.4, -0.2) is 45.8 Å². The van der Waals surface area contributed by atoms with Crippen LogP contribution in [0.3, 0.4) is 0 Å². The molecule has 1 heterocycles. The Morgan fingerprint density at radius 2 is 2.33 bits per heavy atom. The van der Waals surface area contributed by atoms with Crippen molar-refractivity contribution >= 4 is 10.1 Å². The lowest BCUT2D eigenvalue weighted by atomic mass is 10.1. The molecule has 100 valence electrons. The molecule has 0 N–H and O–H groups in total. The molecule has 0 bridgehead atoms. The Hall–Kier alpha value is -1.29. The van der Waals surface area contributed by atoms with Crippen molar-refractivity contribution in [3.63, 3.8) is 0 Å². The zero-order chi connectivity index (χ0) is 13.6. The number of hydrogen-bond acceptors (Lipinski definition) is 5.